The van der Waals surface area contributed by atoms with E-state index in [0.29, 0.717) is 19.4 Å². The summed E-state index contributed by atoms with van der Waals surface area (Å²) >= 11 is 0. The van der Waals surface area contributed by atoms with E-state index in [-0.39, 0.29) is 44.9 Å². The third-order valence-electron chi connectivity index (χ3n) is 7.81. The highest BCUT2D eigenvalue weighted by atomic mass is 31.2. The van der Waals surface area contributed by atoms with Crippen LogP contribution in [0.1, 0.15) is 130 Å². The van der Waals surface area contributed by atoms with Crippen LogP contribution in [-0.2, 0) is 32.5 Å². The number of phosphoric acid groups is 1. The number of unbranched alkanes of at least 4 members (excludes halogenated alkanes) is 12. The molecule has 0 spiro atoms. The number of carbonyl (C=O) groups excluding carboxylic acids is 2. The van der Waals surface area contributed by atoms with Crippen molar-refractivity contribution in [1.82, 2.24) is 10.6 Å². The van der Waals surface area contributed by atoms with E-state index < -0.39 is 19.8 Å². The monoisotopic (exact) mass is 777 g/mol. The second-order valence-electron chi connectivity index (χ2n) is 12.7. The maximum atomic E-state index is 13.1. The molecule has 55 heavy (non-hydrogen) atoms. The van der Waals surface area contributed by atoms with Gasteiger partial charge in [-0.15, -0.1) is 6.58 Å². The van der Waals surface area contributed by atoms with Crippen molar-refractivity contribution in [3.8, 4) is 71.0 Å². The fraction of sp³-hybridized carbons (Fsp3) is 0.636. The number of nitrogens with one attached hydrogen (secondary N) is 2. The highest BCUT2D eigenvalue weighted by Crippen LogP contribution is 2.49. The van der Waals surface area contributed by atoms with Crippen LogP contribution < -0.4 is 16.4 Å². The molecule has 0 bridgehead atoms. The van der Waals surface area contributed by atoms with Gasteiger partial charge in [0.25, 0.3) is 5.91 Å². The third-order valence-corrected chi connectivity index (χ3v) is 9.24. The first kappa shape index (κ1) is 51.1. The number of hydrogen-bond donors (Lipinski definition) is 3. The molecule has 0 aliphatic carbocycles. The molecule has 0 saturated heterocycles. The Labute approximate surface area is 333 Å². The summed E-state index contributed by atoms with van der Waals surface area (Å²) in [6, 6.07) is -0.810. The van der Waals surface area contributed by atoms with E-state index in [1.807, 2.05) is 0 Å². The van der Waals surface area contributed by atoms with Gasteiger partial charge in [0.1, 0.15) is 0 Å². The van der Waals surface area contributed by atoms with Gasteiger partial charge in [-0.25, -0.2) is 4.57 Å². The van der Waals surface area contributed by atoms with Crippen LogP contribution >= 0.6 is 7.82 Å². The molecule has 4 N–H and O–H groups in total. The molecule has 0 aromatic heterocycles. The van der Waals surface area contributed by atoms with Gasteiger partial charge in [-0.05, 0) is 85.4 Å². The van der Waals surface area contributed by atoms with Gasteiger partial charge in [0.2, 0.25) is 5.91 Å². The number of hydrogen-bond acceptors (Lipinski definition) is 8. The van der Waals surface area contributed by atoms with Crippen molar-refractivity contribution in [1.29, 1.82) is 0 Å². The van der Waals surface area contributed by atoms with Crippen LogP contribution in [0.25, 0.3) is 0 Å². The van der Waals surface area contributed by atoms with Gasteiger partial charge in [-0.1, -0.05) is 109 Å². The average Bonchev–Trinajstić information content (AvgIpc) is 3.18. The van der Waals surface area contributed by atoms with E-state index >= 15 is 0 Å². The van der Waals surface area contributed by atoms with E-state index in [4.69, 9.17) is 24.0 Å². The second kappa shape index (κ2) is 38.3. The van der Waals surface area contributed by atoms with E-state index in [1.165, 1.54) is 70.3 Å². The molecule has 0 heterocycles. The Balaban J connectivity index is 5.39. The lowest BCUT2D eigenvalue weighted by atomic mass is 10.0. The van der Waals surface area contributed by atoms with Crippen molar-refractivity contribution in [2.45, 2.75) is 142 Å². The molecule has 11 heteroatoms. The van der Waals surface area contributed by atoms with E-state index in [0.717, 1.165) is 32.1 Å². The van der Waals surface area contributed by atoms with Crippen molar-refractivity contribution in [2.24, 2.45) is 5.73 Å². The summed E-state index contributed by atoms with van der Waals surface area (Å²) in [4.78, 5) is 25.6. The molecule has 0 radical (unpaired) electrons. The summed E-state index contributed by atoms with van der Waals surface area (Å²) in [6.07, 6.45) is 19.8. The van der Waals surface area contributed by atoms with Gasteiger partial charge in [0.15, 0.2) is 0 Å². The van der Waals surface area contributed by atoms with E-state index in [1.54, 1.807) is 6.92 Å². The van der Waals surface area contributed by atoms with Crippen molar-refractivity contribution >= 4 is 19.6 Å². The Morgan fingerprint density at radius 3 is 1.82 bits per heavy atom. The zero-order valence-electron chi connectivity index (χ0n) is 33.6. The fourth-order valence-electron chi connectivity index (χ4n) is 4.99. The van der Waals surface area contributed by atoms with Crippen molar-refractivity contribution in [2.75, 3.05) is 39.6 Å². The molecule has 0 aliphatic heterocycles. The lowest BCUT2D eigenvalue weighted by Crippen LogP contribution is -2.41. The zero-order valence-corrected chi connectivity index (χ0v) is 34.5. The van der Waals surface area contributed by atoms with Crippen molar-refractivity contribution < 1.29 is 32.5 Å². The summed E-state index contributed by atoms with van der Waals surface area (Å²) in [5, 5.41) is 5.93. The Bertz CT molecular complexity index is 1510. The van der Waals surface area contributed by atoms with Crippen molar-refractivity contribution in [3.05, 3.63) is 12.7 Å². The van der Waals surface area contributed by atoms with Crippen LogP contribution in [0.4, 0.5) is 0 Å². The van der Waals surface area contributed by atoms with E-state index in [2.05, 4.69) is 102 Å². The van der Waals surface area contributed by atoms with Crippen LogP contribution in [0, 0.1) is 71.0 Å². The molecule has 0 rings (SSSR count). The highest BCUT2D eigenvalue weighted by molar-refractivity contribution is 7.48. The molecule has 1 unspecified atom stereocenters. The minimum Gasteiger partial charge on any atom is -0.379 e. The SMILES string of the molecule is C=CCOP(=O)(OCCN)OC[C@@H](COCC[C@H](CCCCCCC)NC(=O)CCCCCCCCCCC)NC(=O)C#CC#CC#CC#CC#CC#CC. The maximum absolute atomic E-state index is 13.1. The molecule has 0 saturated carbocycles. The Kier molecular flexibility index (Phi) is 35.6. The van der Waals surface area contributed by atoms with Crippen molar-refractivity contribution in [3.63, 3.8) is 0 Å². The fourth-order valence-corrected chi connectivity index (χ4v) is 6.19. The lowest BCUT2D eigenvalue weighted by Gasteiger charge is -2.23. The molecule has 0 aromatic rings. The molecule has 0 aromatic carbocycles. The van der Waals surface area contributed by atoms with Crippen LogP contribution in [0.2, 0.25) is 0 Å². The lowest BCUT2D eigenvalue weighted by molar-refractivity contribution is -0.122. The topological polar surface area (TPSA) is 138 Å². The number of amides is 2. The minimum absolute atomic E-state index is 0.00390. The van der Waals surface area contributed by atoms with Gasteiger partial charge in [-0.3, -0.25) is 23.2 Å². The number of rotatable bonds is 32. The molecular weight excluding hydrogens is 713 g/mol. The Morgan fingerprint density at radius 2 is 1.24 bits per heavy atom. The van der Waals surface area contributed by atoms with E-state index in [9.17, 15) is 14.2 Å². The standard InChI is InChI=1S/C44H64N3O7P/c1-5-9-12-15-17-19-20-22-24-27-30-33-44(49)47-42(40-54-55(50,52-36-8-4)53-38-35-45)39-51-37-34-41(31-28-25-14-11-7-3)46-43(48)32-29-26-23-21-18-16-13-10-6-2/h8,41-42H,4,6-7,10-11,13-14,16,18,21,23,25-26,28-29,31-32,34-40,45H2,1-3H3,(H,46,48)(H,47,49)/t41-,42+,55?/m0/s1. The van der Waals surface area contributed by atoms with Gasteiger partial charge in [-0.2, -0.15) is 0 Å². The van der Waals surface area contributed by atoms with Crippen LogP contribution in [0.15, 0.2) is 12.7 Å². The quantitative estimate of drug-likeness (QED) is 0.0288. The van der Waals surface area contributed by atoms with Gasteiger partial charge in [0, 0.05) is 31.5 Å². The maximum Gasteiger partial charge on any atom is 0.475 e. The van der Waals surface area contributed by atoms with Gasteiger partial charge < -0.3 is 21.1 Å². The zero-order chi connectivity index (χ0) is 40.5. The summed E-state index contributed by atoms with van der Waals surface area (Å²) in [5.41, 5.74) is 5.51. The summed E-state index contributed by atoms with van der Waals surface area (Å²) in [6.45, 7) is 9.65. The predicted molar refractivity (Wildman–Crippen MR) is 222 cm³/mol. The smallest absolute Gasteiger partial charge is 0.379 e. The summed E-state index contributed by atoms with van der Waals surface area (Å²) in [7, 11) is -4.02. The predicted octanol–water partition coefficient (Wildman–Crippen LogP) is 6.99. The average molecular weight is 778 g/mol. The normalized spacial score (nSPS) is 11.9. The Hall–Kier alpha value is -3.93. The molecule has 10 nitrogen and oxygen atoms in total. The number of phosphoric ester groups is 1. The largest absolute Gasteiger partial charge is 0.475 e. The van der Waals surface area contributed by atoms with Gasteiger partial charge >= 0.3 is 7.82 Å². The van der Waals surface area contributed by atoms with Gasteiger partial charge in [0.05, 0.1) is 32.5 Å². The summed E-state index contributed by atoms with van der Waals surface area (Å²) in [5.74, 6) is 29.5. The molecule has 302 valence electrons. The number of carbonyl (C=O) groups is 2. The first-order valence-electron chi connectivity index (χ1n) is 19.8. The summed E-state index contributed by atoms with van der Waals surface area (Å²) < 4.78 is 35.2. The minimum atomic E-state index is -4.02. The van der Waals surface area contributed by atoms with Crippen LogP contribution in [0.3, 0.4) is 0 Å². The second-order valence-corrected chi connectivity index (χ2v) is 14.3. The molecular formula is C44H64N3O7P. The first-order chi connectivity index (χ1) is 26.8. The highest BCUT2D eigenvalue weighted by Gasteiger charge is 2.28. The number of ether oxygens (including phenoxy) is 1. The Morgan fingerprint density at radius 1 is 0.673 bits per heavy atom. The molecule has 0 fully saturated rings. The molecule has 3 atom stereocenters. The first-order valence-corrected chi connectivity index (χ1v) is 21.2. The molecule has 0 aliphatic rings. The molecule has 2 amide bonds. The van der Waals surface area contributed by atoms with Crippen LogP contribution in [-0.4, -0.2) is 63.5 Å². The number of nitrogens with two attached hydrogens (primary N) is 1. The van der Waals surface area contributed by atoms with Crippen LogP contribution in [0.5, 0.6) is 0 Å². The third kappa shape index (κ3) is 34.3.